The third-order valence-electron chi connectivity index (χ3n) is 3.95. The zero-order valence-electron chi connectivity index (χ0n) is 9.95. The van der Waals surface area contributed by atoms with Crippen molar-refractivity contribution >= 4 is 0 Å². The second kappa shape index (κ2) is 4.17. The molecule has 88 valence electrons. The molecule has 1 aromatic heterocycles. The van der Waals surface area contributed by atoms with Crippen LogP contribution in [-0.4, -0.2) is 27.9 Å². The summed E-state index contributed by atoms with van der Waals surface area (Å²) in [7, 11) is 0. The first-order chi connectivity index (χ1) is 7.84. The molecule has 4 heteroatoms. The van der Waals surface area contributed by atoms with Crippen LogP contribution >= 0.6 is 0 Å². The summed E-state index contributed by atoms with van der Waals surface area (Å²) in [5, 5.41) is 12.2. The maximum absolute atomic E-state index is 4.40. The van der Waals surface area contributed by atoms with Crippen LogP contribution in [0, 0.1) is 5.92 Å². The van der Waals surface area contributed by atoms with Crippen LogP contribution in [0.4, 0.5) is 0 Å². The van der Waals surface area contributed by atoms with Crippen molar-refractivity contribution in [3.05, 3.63) is 11.6 Å². The van der Waals surface area contributed by atoms with E-state index in [2.05, 4.69) is 27.0 Å². The van der Waals surface area contributed by atoms with E-state index in [9.17, 15) is 0 Å². The van der Waals surface area contributed by atoms with Crippen molar-refractivity contribution in [2.75, 3.05) is 13.1 Å². The fraction of sp³-hybridized carbons (Fsp3) is 0.833. The van der Waals surface area contributed by atoms with Crippen LogP contribution in [-0.2, 0) is 13.0 Å². The Hall–Kier alpha value is -0.900. The van der Waals surface area contributed by atoms with Gasteiger partial charge in [-0.25, -0.2) is 0 Å². The molecule has 1 aromatic rings. The summed E-state index contributed by atoms with van der Waals surface area (Å²) in [5.74, 6) is 3.80. The lowest BCUT2D eigenvalue weighted by molar-refractivity contribution is 0.442. The van der Waals surface area contributed by atoms with E-state index in [0.29, 0.717) is 5.92 Å². The van der Waals surface area contributed by atoms with Gasteiger partial charge in [-0.05, 0) is 38.3 Å². The lowest BCUT2D eigenvalue weighted by Crippen LogP contribution is -2.18. The van der Waals surface area contributed by atoms with Crippen LogP contribution in [0.15, 0.2) is 0 Å². The molecule has 3 rings (SSSR count). The normalized spacial score (nSPS) is 29.3. The Morgan fingerprint density at radius 3 is 3.12 bits per heavy atom. The Bertz CT molecular complexity index is 365. The molecule has 1 N–H and O–H groups in total. The molecule has 0 aromatic carbocycles. The first-order valence-electron chi connectivity index (χ1n) is 6.47. The van der Waals surface area contributed by atoms with E-state index in [4.69, 9.17) is 0 Å². The van der Waals surface area contributed by atoms with Crippen LogP contribution in [0.5, 0.6) is 0 Å². The van der Waals surface area contributed by atoms with Crippen LogP contribution in [0.25, 0.3) is 0 Å². The Kier molecular flexibility index (Phi) is 2.67. The zero-order valence-corrected chi connectivity index (χ0v) is 9.95. The van der Waals surface area contributed by atoms with E-state index < -0.39 is 0 Å². The van der Waals surface area contributed by atoms with Crippen molar-refractivity contribution in [2.45, 2.75) is 45.1 Å². The molecule has 2 aliphatic rings. The van der Waals surface area contributed by atoms with Gasteiger partial charge in [0.05, 0.1) is 0 Å². The average Bonchev–Trinajstić information content (AvgIpc) is 2.90. The fourth-order valence-electron chi connectivity index (χ4n) is 2.94. The standard InChI is InChI=1S/C12H20N4/c1-9-3-2-6-16-11(14-15-12(9)16)7-10-4-5-13-8-10/h9-10,13H,2-8H2,1H3. The van der Waals surface area contributed by atoms with Gasteiger partial charge >= 0.3 is 0 Å². The van der Waals surface area contributed by atoms with Gasteiger partial charge in [0.1, 0.15) is 11.6 Å². The van der Waals surface area contributed by atoms with Crippen LogP contribution in [0.2, 0.25) is 0 Å². The number of hydrogen-bond acceptors (Lipinski definition) is 3. The molecular weight excluding hydrogens is 200 g/mol. The molecule has 2 aliphatic heterocycles. The molecule has 2 unspecified atom stereocenters. The van der Waals surface area contributed by atoms with Gasteiger partial charge in [-0.2, -0.15) is 0 Å². The highest BCUT2D eigenvalue weighted by Gasteiger charge is 2.24. The minimum Gasteiger partial charge on any atom is -0.316 e. The monoisotopic (exact) mass is 220 g/mol. The fourth-order valence-corrected chi connectivity index (χ4v) is 2.94. The van der Waals surface area contributed by atoms with Gasteiger partial charge < -0.3 is 9.88 Å². The summed E-state index contributed by atoms with van der Waals surface area (Å²) in [6, 6.07) is 0. The molecule has 1 saturated heterocycles. The summed E-state index contributed by atoms with van der Waals surface area (Å²) < 4.78 is 2.37. The van der Waals surface area contributed by atoms with E-state index in [-0.39, 0.29) is 0 Å². The van der Waals surface area contributed by atoms with Crippen LogP contribution in [0.1, 0.15) is 43.8 Å². The van der Waals surface area contributed by atoms with Crippen molar-refractivity contribution < 1.29 is 0 Å². The highest BCUT2D eigenvalue weighted by Crippen LogP contribution is 2.26. The summed E-state index contributed by atoms with van der Waals surface area (Å²) in [5.41, 5.74) is 0. The van der Waals surface area contributed by atoms with Gasteiger partial charge in [0.15, 0.2) is 0 Å². The van der Waals surface area contributed by atoms with E-state index in [1.807, 2.05) is 0 Å². The number of aromatic nitrogens is 3. The molecule has 0 amide bonds. The molecule has 0 radical (unpaired) electrons. The van der Waals surface area contributed by atoms with Gasteiger partial charge in [-0.3, -0.25) is 0 Å². The lowest BCUT2D eigenvalue weighted by atomic mass is 10.00. The SMILES string of the molecule is CC1CCCn2c(CC3CCNC3)nnc21. The molecule has 1 fully saturated rings. The third kappa shape index (κ3) is 1.75. The minimum atomic E-state index is 0.594. The number of nitrogens with one attached hydrogen (secondary N) is 1. The van der Waals surface area contributed by atoms with E-state index in [0.717, 1.165) is 25.4 Å². The van der Waals surface area contributed by atoms with Gasteiger partial charge in [-0.15, -0.1) is 10.2 Å². The summed E-state index contributed by atoms with van der Waals surface area (Å²) in [6.07, 6.45) is 4.94. The van der Waals surface area contributed by atoms with Crippen molar-refractivity contribution in [2.24, 2.45) is 5.92 Å². The number of rotatable bonds is 2. The first kappa shape index (κ1) is 10.3. The summed E-state index contributed by atoms with van der Waals surface area (Å²) >= 11 is 0. The van der Waals surface area contributed by atoms with Crippen LogP contribution < -0.4 is 5.32 Å². The molecule has 0 spiro atoms. The summed E-state index contributed by atoms with van der Waals surface area (Å²) in [6.45, 7) is 5.71. The maximum Gasteiger partial charge on any atom is 0.135 e. The lowest BCUT2D eigenvalue weighted by Gasteiger charge is -2.20. The maximum atomic E-state index is 4.40. The van der Waals surface area contributed by atoms with E-state index in [1.54, 1.807) is 0 Å². The second-order valence-electron chi connectivity index (χ2n) is 5.23. The van der Waals surface area contributed by atoms with Crippen molar-refractivity contribution in [3.8, 4) is 0 Å². The minimum absolute atomic E-state index is 0.594. The molecule has 4 nitrogen and oxygen atoms in total. The van der Waals surface area contributed by atoms with Gasteiger partial charge in [0, 0.05) is 18.9 Å². The van der Waals surface area contributed by atoms with Gasteiger partial charge in [0.25, 0.3) is 0 Å². The molecule has 0 aliphatic carbocycles. The number of fused-ring (bicyclic) bond motifs is 1. The van der Waals surface area contributed by atoms with Crippen molar-refractivity contribution in [1.29, 1.82) is 0 Å². The Morgan fingerprint density at radius 1 is 1.38 bits per heavy atom. The molecular formula is C12H20N4. The van der Waals surface area contributed by atoms with Crippen molar-refractivity contribution in [3.63, 3.8) is 0 Å². The number of hydrogen-bond donors (Lipinski definition) is 1. The highest BCUT2D eigenvalue weighted by atomic mass is 15.3. The molecule has 2 atom stereocenters. The quantitative estimate of drug-likeness (QED) is 0.817. The Labute approximate surface area is 96.4 Å². The molecule has 16 heavy (non-hydrogen) atoms. The largest absolute Gasteiger partial charge is 0.316 e. The topological polar surface area (TPSA) is 42.7 Å². The predicted octanol–water partition coefficient (Wildman–Crippen LogP) is 1.33. The highest BCUT2D eigenvalue weighted by molar-refractivity contribution is 5.05. The molecule has 0 bridgehead atoms. The van der Waals surface area contributed by atoms with E-state index >= 15 is 0 Å². The van der Waals surface area contributed by atoms with Crippen LogP contribution in [0.3, 0.4) is 0 Å². The average molecular weight is 220 g/mol. The molecule has 0 saturated carbocycles. The Morgan fingerprint density at radius 2 is 2.31 bits per heavy atom. The number of nitrogens with zero attached hydrogens (tertiary/aromatic N) is 3. The predicted molar refractivity (Wildman–Crippen MR) is 62.4 cm³/mol. The third-order valence-corrected chi connectivity index (χ3v) is 3.95. The second-order valence-corrected chi connectivity index (χ2v) is 5.23. The first-order valence-corrected chi connectivity index (χ1v) is 6.47. The smallest absolute Gasteiger partial charge is 0.135 e. The van der Waals surface area contributed by atoms with Gasteiger partial charge in [0.2, 0.25) is 0 Å². The summed E-state index contributed by atoms with van der Waals surface area (Å²) in [4.78, 5) is 0. The van der Waals surface area contributed by atoms with E-state index in [1.165, 1.54) is 37.5 Å². The van der Waals surface area contributed by atoms with Gasteiger partial charge in [-0.1, -0.05) is 6.92 Å². The molecule has 3 heterocycles. The zero-order chi connectivity index (χ0) is 11.0. The van der Waals surface area contributed by atoms with Crippen molar-refractivity contribution in [1.82, 2.24) is 20.1 Å². The Balaban J connectivity index is 1.79.